The summed E-state index contributed by atoms with van der Waals surface area (Å²) in [6, 6.07) is 4.97. The Morgan fingerprint density at radius 1 is 1.20 bits per heavy atom. The molecule has 0 bridgehead atoms. The van der Waals surface area contributed by atoms with Crippen LogP contribution in [0.2, 0.25) is 0 Å². The molecule has 3 rings (SSSR count). The lowest BCUT2D eigenvalue weighted by Gasteiger charge is -2.18. The molecule has 0 saturated heterocycles. The van der Waals surface area contributed by atoms with Gasteiger partial charge in [-0.3, -0.25) is 4.98 Å². The third-order valence-corrected chi connectivity index (χ3v) is 3.50. The van der Waals surface area contributed by atoms with E-state index in [0.29, 0.717) is 0 Å². The van der Waals surface area contributed by atoms with Gasteiger partial charge in [0.2, 0.25) is 0 Å². The monoisotopic (exact) mass is 202 g/mol. The molecule has 0 unspecified atom stereocenters. The number of hydrogen-bond donors (Lipinski definition) is 1. The average Bonchev–Trinajstić information content (AvgIpc) is 3.11. The summed E-state index contributed by atoms with van der Waals surface area (Å²) >= 11 is 0. The van der Waals surface area contributed by atoms with E-state index < -0.39 is 0 Å². The van der Waals surface area contributed by atoms with Gasteiger partial charge in [-0.25, -0.2) is 0 Å². The first-order valence-electron chi connectivity index (χ1n) is 6.02. The number of hydrogen-bond acceptors (Lipinski definition) is 2. The van der Waals surface area contributed by atoms with E-state index in [9.17, 15) is 0 Å². The number of aromatic nitrogens is 1. The minimum atomic E-state index is 0.731. The predicted octanol–water partition coefficient (Wildman–Crippen LogP) is 2.99. The van der Waals surface area contributed by atoms with Gasteiger partial charge >= 0.3 is 0 Å². The lowest BCUT2D eigenvalue weighted by Crippen LogP contribution is -2.24. The molecule has 2 heteroatoms. The van der Waals surface area contributed by atoms with Crippen LogP contribution in [0, 0.1) is 18.8 Å². The van der Waals surface area contributed by atoms with Crippen molar-refractivity contribution in [2.75, 3.05) is 5.32 Å². The molecular formula is C13H18N2. The average molecular weight is 202 g/mol. The molecule has 80 valence electrons. The third kappa shape index (κ3) is 2.14. The van der Waals surface area contributed by atoms with Gasteiger partial charge in [-0.15, -0.1) is 0 Å². The number of anilines is 1. The van der Waals surface area contributed by atoms with Crippen molar-refractivity contribution in [3.05, 3.63) is 24.0 Å². The maximum absolute atomic E-state index is 4.33. The minimum absolute atomic E-state index is 0.731. The van der Waals surface area contributed by atoms with E-state index in [1.165, 1.54) is 31.4 Å². The molecule has 0 radical (unpaired) electrons. The molecular weight excluding hydrogens is 184 g/mol. The Morgan fingerprint density at radius 3 is 2.33 bits per heavy atom. The summed E-state index contributed by atoms with van der Waals surface area (Å²) in [4.78, 5) is 4.33. The predicted molar refractivity (Wildman–Crippen MR) is 61.8 cm³/mol. The van der Waals surface area contributed by atoms with Crippen molar-refractivity contribution < 1.29 is 0 Å². The van der Waals surface area contributed by atoms with Gasteiger partial charge in [0.25, 0.3) is 0 Å². The summed E-state index contributed by atoms with van der Waals surface area (Å²) in [6.45, 7) is 2.03. The second kappa shape index (κ2) is 3.51. The first kappa shape index (κ1) is 9.20. The smallest absolute Gasteiger partial charge is 0.0529 e. The maximum atomic E-state index is 4.33. The Balaban J connectivity index is 1.69. The van der Waals surface area contributed by atoms with E-state index >= 15 is 0 Å². The van der Waals surface area contributed by atoms with Gasteiger partial charge in [-0.05, 0) is 56.6 Å². The molecule has 15 heavy (non-hydrogen) atoms. The number of rotatable bonds is 4. The van der Waals surface area contributed by atoms with Crippen LogP contribution in [0.5, 0.6) is 0 Å². The van der Waals surface area contributed by atoms with E-state index in [0.717, 1.165) is 23.6 Å². The lowest BCUT2D eigenvalue weighted by molar-refractivity contribution is 0.567. The number of aryl methyl sites for hydroxylation is 1. The van der Waals surface area contributed by atoms with E-state index in [2.05, 4.69) is 22.4 Å². The van der Waals surface area contributed by atoms with Crippen molar-refractivity contribution in [1.29, 1.82) is 0 Å². The molecule has 2 nitrogen and oxygen atoms in total. The zero-order valence-corrected chi connectivity index (χ0v) is 9.24. The van der Waals surface area contributed by atoms with Crippen LogP contribution in [0.4, 0.5) is 5.69 Å². The largest absolute Gasteiger partial charge is 0.381 e. The van der Waals surface area contributed by atoms with Gasteiger partial charge in [0.05, 0.1) is 11.9 Å². The molecule has 0 aliphatic heterocycles. The molecule has 0 spiro atoms. The third-order valence-electron chi connectivity index (χ3n) is 3.50. The van der Waals surface area contributed by atoms with Crippen LogP contribution in [0.3, 0.4) is 0 Å². The Hall–Kier alpha value is -1.05. The summed E-state index contributed by atoms with van der Waals surface area (Å²) in [5.74, 6) is 1.89. The van der Waals surface area contributed by atoms with Crippen molar-refractivity contribution in [2.45, 2.75) is 38.6 Å². The fourth-order valence-electron chi connectivity index (χ4n) is 2.28. The molecule has 0 amide bonds. The summed E-state index contributed by atoms with van der Waals surface area (Å²) in [5, 5.41) is 3.67. The van der Waals surface area contributed by atoms with Crippen LogP contribution in [0.15, 0.2) is 18.3 Å². The molecule has 1 heterocycles. The highest BCUT2D eigenvalue weighted by Crippen LogP contribution is 2.45. The van der Waals surface area contributed by atoms with Gasteiger partial charge in [0.15, 0.2) is 0 Å². The zero-order chi connectivity index (χ0) is 10.3. The number of pyridine rings is 1. The van der Waals surface area contributed by atoms with Gasteiger partial charge in [0.1, 0.15) is 0 Å². The molecule has 2 aliphatic rings. The highest BCUT2D eigenvalue weighted by atomic mass is 15.0. The highest BCUT2D eigenvalue weighted by molar-refractivity contribution is 5.42. The Bertz CT molecular complexity index is 324. The van der Waals surface area contributed by atoms with Crippen LogP contribution in [-0.4, -0.2) is 11.0 Å². The van der Waals surface area contributed by atoms with Crippen molar-refractivity contribution in [3.8, 4) is 0 Å². The molecule has 0 atom stereocenters. The molecule has 2 fully saturated rings. The standard InChI is InChI=1S/C13H18N2/c1-9-2-7-12(8-14-9)15-13(10-3-4-10)11-5-6-11/h2,7-8,10-11,13,15H,3-6H2,1H3. The summed E-state index contributed by atoms with van der Waals surface area (Å²) in [5.41, 5.74) is 2.29. The van der Waals surface area contributed by atoms with E-state index in [1.54, 1.807) is 0 Å². The summed E-state index contributed by atoms with van der Waals surface area (Å²) < 4.78 is 0. The summed E-state index contributed by atoms with van der Waals surface area (Å²) in [7, 11) is 0. The van der Waals surface area contributed by atoms with Gasteiger partial charge in [-0.1, -0.05) is 0 Å². The van der Waals surface area contributed by atoms with Gasteiger partial charge in [-0.2, -0.15) is 0 Å². The molecule has 1 N–H and O–H groups in total. The first-order chi connectivity index (χ1) is 7.33. The van der Waals surface area contributed by atoms with Crippen LogP contribution >= 0.6 is 0 Å². The second-order valence-corrected chi connectivity index (χ2v) is 5.03. The van der Waals surface area contributed by atoms with Gasteiger partial charge < -0.3 is 5.32 Å². The molecule has 1 aromatic heterocycles. The van der Waals surface area contributed by atoms with E-state index in [4.69, 9.17) is 0 Å². The quantitative estimate of drug-likeness (QED) is 0.812. The van der Waals surface area contributed by atoms with Crippen LogP contribution in [0.1, 0.15) is 31.4 Å². The van der Waals surface area contributed by atoms with E-state index in [1.807, 2.05) is 13.1 Å². The van der Waals surface area contributed by atoms with Crippen LogP contribution in [-0.2, 0) is 0 Å². The Kier molecular flexibility index (Phi) is 2.15. The number of nitrogens with one attached hydrogen (secondary N) is 1. The van der Waals surface area contributed by atoms with Gasteiger partial charge in [0, 0.05) is 11.7 Å². The molecule has 0 aromatic carbocycles. The molecule has 1 aromatic rings. The maximum Gasteiger partial charge on any atom is 0.0529 e. The minimum Gasteiger partial charge on any atom is -0.381 e. The summed E-state index contributed by atoms with van der Waals surface area (Å²) in [6.07, 6.45) is 7.66. The number of nitrogens with zero attached hydrogens (tertiary/aromatic N) is 1. The first-order valence-corrected chi connectivity index (χ1v) is 6.02. The Morgan fingerprint density at radius 2 is 1.87 bits per heavy atom. The zero-order valence-electron chi connectivity index (χ0n) is 9.24. The second-order valence-electron chi connectivity index (χ2n) is 5.03. The molecule has 2 aliphatic carbocycles. The van der Waals surface area contributed by atoms with Crippen LogP contribution < -0.4 is 5.32 Å². The van der Waals surface area contributed by atoms with Crippen LogP contribution in [0.25, 0.3) is 0 Å². The normalized spacial score (nSPS) is 20.7. The fourth-order valence-corrected chi connectivity index (χ4v) is 2.28. The van der Waals surface area contributed by atoms with Crippen molar-refractivity contribution >= 4 is 5.69 Å². The van der Waals surface area contributed by atoms with Crippen molar-refractivity contribution in [2.24, 2.45) is 11.8 Å². The molecule has 2 saturated carbocycles. The fraction of sp³-hybridized carbons (Fsp3) is 0.615. The van der Waals surface area contributed by atoms with Crippen molar-refractivity contribution in [3.63, 3.8) is 0 Å². The van der Waals surface area contributed by atoms with E-state index in [-0.39, 0.29) is 0 Å². The lowest BCUT2D eigenvalue weighted by atomic mass is 10.1. The Labute approximate surface area is 91.1 Å². The topological polar surface area (TPSA) is 24.9 Å². The highest BCUT2D eigenvalue weighted by Gasteiger charge is 2.41. The van der Waals surface area contributed by atoms with Crippen molar-refractivity contribution in [1.82, 2.24) is 4.98 Å². The SMILES string of the molecule is Cc1ccc(NC(C2CC2)C2CC2)cn1.